The molecule has 1 aromatic carbocycles. The highest BCUT2D eigenvalue weighted by atomic mass is 16.3. The van der Waals surface area contributed by atoms with E-state index in [1.165, 1.54) is 30.4 Å². The molecule has 1 aliphatic carbocycles. The number of amides is 1. The first-order valence-corrected chi connectivity index (χ1v) is 6.70. The molecule has 2 N–H and O–H groups in total. The van der Waals surface area contributed by atoms with Crippen LogP contribution in [0.1, 0.15) is 36.5 Å². The van der Waals surface area contributed by atoms with Crippen LogP contribution in [-0.4, -0.2) is 23.7 Å². The van der Waals surface area contributed by atoms with Crippen molar-refractivity contribution < 1.29 is 9.90 Å². The minimum absolute atomic E-state index is 0.0216. The first kappa shape index (κ1) is 13.1. The van der Waals surface area contributed by atoms with E-state index in [2.05, 4.69) is 17.4 Å². The summed E-state index contributed by atoms with van der Waals surface area (Å²) in [6, 6.07) is 6.37. The molecule has 98 valence electrons. The number of hydrogen-bond donors (Lipinski definition) is 2. The third kappa shape index (κ3) is 3.57. The van der Waals surface area contributed by atoms with Gasteiger partial charge in [0.1, 0.15) is 0 Å². The lowest BCUT2D eigenvalue weighted by Crippen LogP contribution is -2.31. The van der Waals surface area contributed by atoms with Crippen LogP contribution >= 0.6 is 0 Å². The van der Waals surface area contributed by atoms with Gasteiger partial charge in [-0.15, -0.1) is 0 Å². The number of rotatable bonds is 4. The molecule has 0 spiro atoms. The second kappa shape index (κ2) is 6.01. The molecule has 2 rings (SSSR count). The number of carbonyl (C=O) groups excluding carboxylic acids is 1. The summed E-state index contributed by atoms with van der Waals surface area (Å²) in [6.07, 6.45) is 4.76. The topological polar surface area (TPSA) is 49.3 Å². The maximum Gasteiger partial charge on any atom is 0.224 e. The summed E-state index contributed by atoms with van der Waals surface area (Å²) in [5.41, 5.74) is 3.91. The largest absolute Gasteiger partial charge is 0.392 e. The first-order chi connectivity index (χ1) is 8.65. The van der Waals surface area contributed by atoms with E-state index in [1.54, 1.807) is 6.92 Å². The molecule has 18 heavy (non-hydrogen) atoms. The van der Waals surface area contributed by atoms with Gasteiger partial charge in [0.05, 0.1) is 12.5 Å². The second-order valence-corrected chi connectivity index (χ2v) is 5.14. The standard InChI is InChI=1S/C15H21NO2/c1-11(17)10-16-15(18)9-12-6-7-13-4-2-3-5-14(13)8-12/h6-8,11,17H,2-5,9-10H2,1H3,(H,16,18)/t11-/m1/s1. The van der Waals surface area contributed by atoms with E-state index in [0.29, 0.717) is 13.0 Å². The zero-order valence-corrected chi connectivity index (χ0v) is 10.9. The molecule has 0 bridgehead atoms. The van der Waals surface area contributed by atoms with Crippen molar-refractivity contribution in [3.05, 3.63) is 34.9 Å². The fourth-order valence-electron chi connectivity index (χ4n) is 2.41. The molecule has 0 fully saturated rings. The van der Waals surface area contributed by atoms with Gasteiger partial charge >= 0.3 is 0 Å². The molecule has 0 aliphatic heterocycles. The molecule has 1 amide bonds. The minimum atomic E-state index is -0.488. The number of benzene rings is 1. The lowest BCUT2D eigenvalue weighted by molar-refractivity contribution is -0.120. The van der Waals surface area contributed by atoms with Crippen LogP contribution in [0.5, 0.6) is 0 Å². The number of aryl methyl sites for hydroxylation is 2. The van der Waals surface area contributed by atoms with Crippen LogP contribution < -0.4 is 5.32 Å². The number of carbonyl (C=O) groups is 1. The number of aliphatic hydroxyl groups excluding tert-OH is 1. The van der Waals surface area contributed by atoms with Gasteiger partial charge < -0.3 is 10.4 Å². The Labute approximate surface area is 108 Å². The lowest BCUT2D eigenvalue weighted by atomic mass is 9.90. The van der Waals surface area contributed by atoms with Crippen LogP contribution in [0.15, 0.2) is 18.2 Å². The van der Waals surface area contributed by atoms with E-state index in [9.17, 15) is 4.79 Å². The third-order valence-electron chi connectivity index (χ3n) is 3.37. The van der Waals surface area contributed by atoms with Gasteiger partial charge in [0.2, 0.25) is 5.91 Å². The fourth-order valence-corrected chi connectivity index (χ4v) is 2.41. The van der Waals surface area contributed by atoms with E-state index < -0.39 is 6.10 Å². The molecular formula is C15H21NO2. The van der Waals surface area contributed by atoms with Crippen LogP contribution in [0, 0.1) is 0 Å². The van der Waals surface area contributed by atoms with Crippen molar-refractivity contribution in [3.63, 3.8) is 0 Å². The Morgan fingerprint density at radius 3 is 2.78 bits per heavy atom. The van der Waals surface area contributed by atoms with Crippen LogP contribution in [0.25, 0.3) is 0 Å². The van der Waals surface area contributed by atoms with Gasteiger partial charge in [-0.2, -0.15) is 0 Å². The summed E-state index contributed by atoms with van der Waals surface area (Å²) in [6.45, 7) is 1.99. The van der Waals surface area contributed by atoms with Crippen LogP contribution in [0.3, 0.4) is 0 Å². The summed E-state index contributed by atoms with van der Waals surface area (Å²) in [7, 11) is 0. The first-order valence-electron chi connectivity index (χ1n) is 6.70. The molecule has 0 saturated carbocycles. The van der Waals surface area contributed by atoms with E-state index in [4.69, 9.17) is 5.11 Å². The molecule has 3 heteroatoms. The van der Waals surface area contributed by atoms with E-state index in [1.807, 2.05) is 6.07 Å². The van der Waals surface area contributed by atoms with E-state index in [-0.39, 0.29) is 5.91 Å². The van der Waals surface area contributed by atoms with Gasteiger partial charge in [-0.3, -0.25) is 4.79 Å². The molecule has 0 radical (unpaired) electrons. The van der Waals surface area contributed by atoms with Gasteiger partial charge in [0.25, 0.3) is 0 Å². The van der Waals surface area contributed by atoms with Gasteiger partial charge in [-0.05, 0) is 49.3 Å². The Bertz CT molecular complexity index is 427. The van der Waals surface area contributed by atoms with Crippen LogP contribution in [0.2, 0.25) is 0 Å². The highest BCUT2D eigenvalue weighted by molar-refractivity contribution is 5.78. The van der Waals surface area contributed by atoms with Crippen molar-refractivity contribution >= 4 is 5.91 Å². The monoisotopic (exact) mass is 247 g/mol. The summed E-state index contributed by atoms with van der Waals surface area (Å²) >= 11 is 0. The second-order valence-electron chi connectivity index (χ2n) is 5.14. The normalized spacial score (nSPS) is 15.9. The van der Waals surface area contributed by atoms with Crippen molar-refractivity contribution in [1.82, 2.24) is 5.32 Å². The van der Waals surface area contributed by atoms with Crippen LogP contribution in [0.4, 0.5) is 0 Å². The number of nitrogens with one attached hydrogen (secondary N) is 1. The molecule has 1 aromatic rings. The van der Waals surface area contributed by atoms with Crippen molar-refractivity contribution in [2.24, 2.45) is 0 Å². The van der Waals surface area contributed by atoms with Crippen molar-refractivity contribution in [2.75, 3.05) is 6.54 Å². The van der Waals surface area contributed by atoms with Crippen molar-refractivity contribution in [1.29, 1.82) is 0 Å². The Morgan fingerprint density at radius 1 is 1.33 bits per heavy atom. The van der Waals surface area contributed by atoms with Gasteiger partial charge in [0.15, 0.2) is 0 Å². The molecule has 0 unspecified atom stereocenters. The minimum Gasteiger partial charge on any atom is -0.392 e. The number of fused-ring (bicyclic) bond motifs is 1. The molecule has 0 saturated heterocycles. The highest BCUT2D eigenvalue weighted by Gasteiger charge is 2.11. The van der Waals surface area contributed by atoms with Gasteiger partial charge in [-0.1, -0.05) is 18.2 Å². The van der Waals surface area contributed by atoms with Crippen molar-refractivity contribution in [3.8, 4) is 0 Å². The molecule has 1 atom stereocenters. The maximum atomic E-state index is 11.7. The smallest absolute Gasteiger partial charge is 0.224 e. The zero-order valence-electron chi connectivity index (χ0n) is 10.9. The Balaban J connectivity index is 1.95. The predicted molar refractivity (Wildman–Crippen MR) is 71.5 cm³/mol. The maximum absolute atomic E-state index is 11.7. The average molecular weight is 247 g/mol. The Morgan fingerprint density at radius 2 is 2.06 bits per heavy atom. The van der Waals surface area contributed by atoms with Gasteiger partial charge in [-0.25, -0.2) is 0 Å². The number of aliphatic hydroxyl groups is 1. The highest BCUT2D eigenvalue weighted by Crippen LogP contribution is 2.22. The molecule has 0 aromatic heterocycles. The quantitative estimate of drug-likeness (QED) is 0.849. The third-order valence-corrected chi connectivity index (χ3v) is 3.37. The molecule has 1 aliphatic rings. The summed E-state index contributed by atoms with van der Waals surface area (Å²) in [4.78, 5) is 11.7. The fraction of sp³-hybridized carbons (Fsp3) is 0.533. The van der Waals surface area contributed by atoms with Gasteiger partial charge in [0, 0.05) is 6.54 Å². The average Bonchev–Trinajstić information content (AvgIpc) is 2.36. The zero-order chi connectivity index (χ0) is 13.0. The SMILES string of the molecule is C[C@@H](O)CNC(=O)Cc1ccc2c(c1)CCCC2. The molecular weight excluding hydrogens is 226 g/mol. The molecule has 0 heterocycles. The summed E-state index contributed by atoms with van der Waals surface area (Å²) in [5, 5.41) is 11.8. The Kier molecular flexibility index (Phi) is 4.37. The predicted octanol–water partition coefficient (Wildman–Crippen LogP) is 1.60. The Hall–Kier alpha value is -1.35. The van der Waals surface area contributed by atoms with Crippen molar-refractivity contribution in [2.45, 2.75) is 45.1 Å². The van der Waals surface area contributed by atoms with E-state index >= 15 is 0 Å². The summed E-state index contributed by atoms with van der Waals surface area (Å²) in [5.74, 6) is -0.0216. The number of hydrogen-bond acceptors (Lipinski definition) is 2. The summed E-state index contributed by atoms with van der Waals surface area (Å²) < 4.78 is 0. The van der Waals surface area contributed by atoms with Crippen LogP contribution in [-0.2, 0) is 24.1 Å². The van der Waals surface area contributed by atoms with E-state index in [0.717, 1.165) is 12.0 Å². The lowest BCUT2D eigenvalue weighted by Gasteiger charge is -2.16. The molecule has 3 nitrogen and oxygen atoms in total.